The number of H-pyrrole nitrogens is 2. The minimum atomic E-state index is -0.0936. The summed E-state index contributed by atoms with van der Waals surface area (Å²) in [6.45, 7) is 4.69. The van der Waals surface area contributed by atoms with Gasteiger partial charge in [-0.1, -0.05) is 22.0 Å². The molecule has 0 saturated carbocycles. The number of aromatic amines is 2. The molecule has 0 atom stereocenters. The van der Waals surface area contributed by atoms with Crippen LogP contribution in [0.25, 0.3) is 10.9 Å². The van der Waals surface area contributed by atoms with Gasteiger partial charge in [0, 0.05) is 15.0 Å². The molecule has 1 fully saturated rings. The Bertz CT molecular complexity index is 984. The third-order valence-electron chi connectivity index (χ3n) is 4.70. The molecule has 4 rings (SSSR count). The molecule has 6 nitrogen and oxygen atoms in total. The Morgan fingerprint density at radius 2 is 2.04 bits per heavy atom. The number of aromatic nitrogens is 3. The Hall–Kier alpha value is -1.77. The second kappa shape index (κ2) is 7.46. The highest BCUT2D eigenvalue weighted by Gasteiger charge is 2.26. The van der Waals surface area contributed by atoms with Crippen LogP contribution in [0.2, 0.25) is 0 Å². The molecule has 2 aromatic heterocycles. The van der Waals surface area contributed by atoms with E-state index in [9.17, 15) is 4.79 Å². The normalized spacial score (nSPS) is 15.5. The minimum Gasteiger partial charge on any atom is -0.322 e. The maximum absolute atomic E-state index is 12.4. The number of nitrogens with zero attached hydrogens (tertiary/aromatic N) is 2. The van der Waals surface area contributed by atoms with E-state index in [2.05, 4.69) is 57.8 Å². The lowest BCUT2D eigenvalue weighted by Gasteiger charge is -2.27. The highest BCUT2D eigenvalue weighted by molar-refractivity contribution is 9.11. The van der Waals surface area contributed by atoms with E-state index >= 15 is 0 Å². The molecular formula is C18H19Br2N5O+2. The predicted octanol–water partition coefficient (Wildman–Crippen LogP) is 1.17. The largest absolute Gasteiger partial charge is 0.322 e. The fraction of sp³-hybridized carbons (Fsp3) is 0.278. The molecule has 0 bridgehead atoms. The lowest BCUT2D eigenvalue weighted by Crippen LogP contribution is -3.13. The number of benzene rings is 1. The van der Waals surface area contributed by atoms with Gasteiger partial charge in [-0.05, 0) is 34.1 Å². The van der Waals surface area contributed by atoms with Gasteiger partial charge in [-0.15, -0.1) is 0 Å². The Morgan fingerprint density at radius 3 is 2.77 bits per heavy atom. The van der Waals surface area contributed by atoms with E-state index in [-0.39, 0.29) is 5.56 Å². The topological polar surface area (TPSA) is 67.6 Å². The Balaban J connectivity index is 1.49. The van der Waals surface area contributed by atoms with Gasteiger partial charge in [0.15, 0.2) is 5.82 Å². The van der Waals surface area contributed by atoms with Crippen molar-refractivity contribution in [3.05, 3.63) is 61.7 Å². The fourth-order valence-corrected chi connectivity index (χ4v) is 4.67. The van der Waals surface area contributed by atoms with Crippen molar-refractivity contribution in [3.8, 4) is 0 Å². The third kappa shape index (κ3) is 3.67. The summed E-state index contributed by atoms with van der Waals surface area (Å²) in [5.74, 6) is 1.89. The van der Waals surface area contributed by atoms with Crippen LogP contribution in [0.4, 0.5) is 5.82 Å². The fourth-order valence-electron chi connectivity index (χ4n) is 3.36. The van der Waals surface area contributed by atoms with Crippen molar-refractivity contribution < 1.29 is 9.88 Å². The molecule has 3 N–H and O–H groups in total. The van der Waals surface area contributed by atoms with Crippen LogP contribution >= 0.6 is 31.9 Å². The Labute approximate surface area is 167 Å². The van der Waals surface area contributed by atoms with E-state index in [1.807, 2.05) is 24.4 Å². The lowest BCUT2D eigenvalue weighted by atomic mass is 10.2. The van der Waals surface area contributed by atoms with Gasteiger partial charge in [0.1, 0.15) is 32.7 Å². The molecule has 3 heterocycles. The third-order valence-corrected chi connectivity index (χ3v) is 5.76. The van der Waals surface area contributed by atoms with Gasteiger partial charge in [0.25, 0.3) is 11.4 Å². The van der Waals surface area contributed by atoms with Crippen LogP contribution in [-0.4, -0.2) is 36.1 Å². The van der Waals surface area contributed by atoms with Crippen molar-refractivity contribution in [2.45, 2.75) is 6.54 Å². The predicted molar refractivity (Wildman–Crippen MR) is 107 cm³/mol. The number of nitrogens with one attached hydrogen (secondary N) is 3. The number of rotatable bonds is 3. The van der Waals surface area contributed by atoms with Crippen molar-refractivity contribution in [2.24, 2.45) is 0 Å². The number of anilines is 1. The number of pyridine rings is 1. The first-order valence-electron chi connectivity index (χ1n) is 8.53. The zero-order valence-electron chi connectivity index (χ0n) is 14.1. The van der Waals surface area contributed by atoms with Crippen molar-refractivity contribution in [1.82, 2.24) is 9.97 Å². The minimum absolute atomic E-state index is 0.0936. The molecule has 0 unspecified atom stereocenters. The molecule has 8 heteroatoms. The summed E-state index contributed by atoms with van der Waals surface area (Å²) < 4.78 is 1.69. The molecule has 3 aromatic rings. The number of piperazine rings is 1. The van der Waals surface area contributed by atoms with E-state index in [0.29, 0.717) is 10.9 Å². The molecule has 1 aromatic carbocycles. The van der Waals surface area contributed by atoms with Crippen LogP contribution in [0, 0.1) is 0 Å². The number of quaternary nitrogens is 1. The van der Waals surface area contributed by atoms with Crippen molar-refractivity contribution in [1.29, 1.82) is 0 Å². The van der Waals surface area contributed by atoms with Crippen LogP contribution in [0.1, 0.15) is 5.82 Å². The van der Waals surface area contributed by atoms with Crippen LogP contribution in [0.3, 0.4) is 0 Å². The summed E-state index contributed by atoms with van der Waals surface area (Å²) in [5.41, 5.74) is 0.618. The maximum Gasteiger partial charge on any atom is 0.274 e. The summed E-state index contributed by atoms with van der Waals surface area (Å²) in [5, 5.41) is 0.592. The average molecular weight is 481 g/mol. The zero-order valence-corrected chi connectivity index (χ0v) is 17.2. The molecule has 134 valence electrons. The number of halogens is 2. The van der Waals surface area contributed by atoms with Gasteiger partial charge >= 0.3 is 0 Å². The second-order valence-electron chi connectivity index (χ2n) is 6.46. The summed E-state index contributed by atoms with van der Waals surface area (Å²) in [4.78, 5) is 27.1. The molecule has 26 heavy (non-hydrogen) atoms. The molecule has 1 aliphatic rings. The highest BCUT2D eigenvalue weighted by atomic mass is 79.9. The van der Waals surface area contributed by atoms with Gasteiger partial charge in [-0.2, -0.15) is 0 Å². The summed E-state index contributed by atoms with van der Waals surface area (Å²) >= 11 is 6.93. The van der Waals surface area contributed by atoms with E-state index < -0.39 is 0 Å². The molecule has 0 radical (unpaired) electrons. The number of hydrogen-bond donors (Lipinski definition) is 2. The van der Waals surface area contributed by atoms with Gasteiger partial charge < -0.3 is 9.88 Å². The summed E-state index contributed by atoms with van der Waals surface area (Å²) in [7, 11) is 0. The van der Waals surface area contributed by atoms with Crippen LogP contribution in [0.15, 0.2) is 50.3 Å². The molecule has 0 spiro atoms. The van der Waals surface area contributed by atoms with Crippen molar-refractivity contribution in [3.63, 3.8) is 0 Å². The summed E-state index contributed by atoms with van der Waals surface area (Å²) in [6, 6.07) is 9.86. The van der Waals surface area contributed by atoms with Crippen LogP contribution in [-0.2, 0) is 6.54 Å². The Morgan fingerprint density at radius 1 is 1.23 bits per heavy atom. The highest BCUT2D eigenvalue weighted by Crippen LogP contribution is 2.24. The van der Waals surface area contributed by atoms with Gasteiger partial charge in [0.2, 0.25) is 0 Å². The van der Waals surface area contributed by atoms with E-state index in [4.69, 9.17) is 0 Å². The molecule has 1 aliphatic heterocycles. The molecule has 0 aliphatic carbocycles. The average Bonchev–Trinajstić information content (AvgIpc) is 2.64. The Kier molecular flexibility index (Phi) is 5.06. The quantitative estimate of drug-likeness (QED) is 0.591. The first-order valence-corrected chi connectivity index (χ1v) is 10.1. The molecule has 1 saturated heterocycles. The SMILES string of the molecule is O=c1[nH]c(C[NH+]2CCN(c3cccc[nH+]3)CC2)nc2c(Br)cc(Br)cc12. The second-order valence-corrected chi connectivity index (χ2v) is 8.23. The maximum atomic E-state index is 12.4. The van der Waals surface area contributed by atoms with Gasteiger partial charge in [-0.25, -0.2) is 9.97 Å². The van der Waals surface area contributed by atoms with Crippen LogP contribution in [0.5, 0.6) is 0 Å². The van der Waals surface area contributed by atoms with Crippen LogP contribution < -0.4 is 20.3 Å². The molecular weight excluding hydrogens is 462 g/mol. The smallest absolute Gasteiger partial charge is 0.274 e. The van der Waals surface area contributed by atoms with E-state index in [1.165, 1.54) is 4.90 Å². The zero-order chi connectivity index (χ0) is 18.1. The monoisotopic (exact) mass is 479 g/mol. The first kappa shape index (κ1) is 17.6. The standard InChI is InChI=1S/C18H17Br2N5O/c19-12-9-13-17(14(20)10-12)22-15(23-18(13)26)11-24-5-7-25(8-6-24)16-3-1-2-4-21-16/h1-4,9-10H,5-8,11H2,(H,22,23,26)/p+2. The van der Waals surface area contributed by atoms with Crippen molar-refractivity contribution >= 4 is 48.6 Å². The lowest BCUT2D eigenvalue weighted by molar-refractivity contribution is -0.915. The van der Waals surface area contributed by atoms with Crippen molar-refractivity contribution in [2.75, 3.05) is 31.1 Å². The number of hydrogen-bond acceptors (Lipinski definition) is 3. The van der Waals surface area contributed by atoms with Gasteiger partial charge in [-0.3, -0.25) is 9.69 Å². The first-order chi connectivity index (χ1) is 12.6. The van der Waals surface area contributed by atoms with Gasteiger partial charge in [0.05, 0.1) is 17.1 Å². The van der Waals surface area contributed by atoms with E-state index in [0.717, 1.165) is 53.3 Å². The molecule has 0 amide bonds. The number of fused-ring (bicyclic) bond motifs is 1. The summed E-state index contributed by atoms with van der Waals surface area (Å²) in [6.07, 6.45) is 1.95. The van der Waals surface area contributed by atoms with E-state index in [1.54, 1.807) is 6.07 Å².